The third kappa shape index (κ3) is 2.85. The van der Waals surface area contributed by atoms with E-state index in [4.69, 9.17) is 0 Å². The Morgan fingerprint density at radius 1 is 1.25 bits per heavy atom. The van der Waals surface area contributed by atoms with Crippen LogP contribution < -0.4 is 5.32 Å². The number of carbonyl (C=O) groups excluding carboxylic acids is 1. The number of nitrogens with one attached hydrogen (secondary N) is 1. The van der Waals surface area contributed by atoms with Crippen molar-refractivity contribution in [3.05, 3.63) is 59.7 Å². The van der Waals surface area contributed by atoms with Crippen LogP contribution in [0.1, 0.15) is 40.5 Å². The maximum absolute atomic E-state index is 12.2. The zero-order valence-corrected chi connectivity index (χ0v) is 11.4. The number of aryl methyl sites for hydroxylation is 1. The van der Waals surface area contributed by atoms with Crippen molar-refractivity contribution in [1.29, 1.82) is 0 Å². The summed E-state index contributed by atoms with van der Waals surface area (Å²) in [4.78, 5) is 20.2. The number of nitrogens with zero attached hydrogens (tertiary/aromatic N) is 2. The number of aromatic nitrogens is 2. The molecule has 0 saturated heterocycles. The molecule has 0 spiro atoms. The van der Waals surface area contributed by atoms with E-state index in [1.54, 1.807) is 6.20 Å². The third-order valence-corrected chi connectivity index (χ3v) is 3.61. The van der Waals surface area contributed by atoms with Crippen LogP contribution >= 0.6 is 0 Å². The second-order valence-corrected chi connectivity index (χ2v) is 5.29. The van der Waals surface area contributed by atoms with Gasteiger partial charge >= 0.3 is 0 Å². The first-order valence-electron chi connectivity index (χ1n) is 6.87. The van der Waals surface area contributed by atoms with E-state index in [0.29, 0.717) is 11.6 Å². The number of carbonyl (C=O) groups is 1. The molecule has 1 amide bonds. The lowest BCUT2D eigenvalue weighted by Crippen LogP contribution is -2.30. The van der Waals surface area contributed by atoms with Crippen molar-refractivity contribution in [3.8, 4) is 0 Å². The van der Waals surface area contributed by atoms with Crippen LogP contribution in [0, 0.1) is 12.8 Å². The molecule has 1 atom stereocenters. The summed E-state index contributed by atoms with van der Waals surface area (Å²) in [6.45, 7) is 2.06. The Labute approximate surface area is 118 Å². The molecule has 3 rings (SSSR count). The zero-order chi connectivity index (χ0) is 13.9. The SMILES string of the molecule is Cc1ccc([C@@H](NC(=O)c2cnccn2)C2CC2)cc1. The highest BCUT2D eigenvalue weighted by atomic mass is 16.1. The Kier molecular flexibility index (Phi) is 3.46. The van der Waals surface area contributed by atoms with Crippen molar-refractivity contribution in [2.75, 3.05) is 0 Å². The van der Waals surface area contributed by atoms with Crippen LogP contribution in [0.4, 0.5) is 0 Å². The average molecular weight is 267 g/mol. The largest absolute Gasteiger partial charge is 0.344 e. The van der Waals surface area contributed by atoms with Crippen molar-refractivity contribution < 1.29 is 4.79 Å². The van der Waals surface area contributed by atoms with Crippen LogP contribution in [0.2, 0.25) is 0 Å². The molecular formula is C16H17N3O. The van der Waals surface area contributed by atoms with Crippen LogP contribution in [0.25, 0.3) is 0 Å². The molecule has 1 aliphatic rings. The predicted octanol–water partition coefficient (Wildman–Crippen LogP) is 2.67. The summed E-state index contributed by atoms with van der Waals surface area (Å²) in [5.74, 6) is 0.383. The molecule has 20 heavy (non-hydrogen) atoms. The van der Waals surface area contributed by atoms with Gasteiger partial charge < -0.3 is 5.32 Å². The topological polar surface area (TPSA) is 54.9 Å². The van der Waals surface area contributed by atoms with Gasteiger partial charge in [-0.15, -0.1) is 0 Å². The van der Waals surface area contributed by atoms with Gasteiger partial charge in [-0.25, -0.2) is 4.98 Å². The molecule has 0 unspecified atom stereocenters. The fourth-order valence-corrected chi connectivity index (χ4v) is 2.31. The predicted molar refractivity (Wildman–Crippen MR) is 76.1 cm³/mol. The van der Waals surface area contributed by atoms with E-state index >= 15 is 0 Å². The van der Waals surface area contributed by atoms with E-state index in [1.807, 2.05) is 0 Å². The zero-order valence-electron chi connectivity index (χ0n) is 11.4. The molecule has 1 heterocycles. The summed E-state index contributed by atoms with van der Waals surface area (Å²) in [7, 11) is 0. The second-order valence-electron chi connectivity index (χ2n) is 5.29. The lowest BCUT2D eigenvalue weighted by Gasteiger charge is -2.18. The van der Waals surface area contributed by atoms with E-state index in [1.165, 1.54) is 30.8 Å². The lowest BCUT2D eigenvalue weighted by molar-refractivity contribution is 0.0926. The Bertz CT molecular complexity index is 591. The van der Waals surface area contributed by atoms with Crippen LogP contribution in [0.5, 0.6) is 0 Å². The molecule has 2 aromatic rings. The van der Waals surface area contributed by atoms with E-state index in [0.717, 1.165) is 5.56 Å². The quantitative estimate of drug-likeness (QED) is 0.926. The van der Waals surface area contributed by atoms with Gasteiger partial charge in [0.1, 0.15) is 5.69 Å². The van der Waals surface area contributed by atoms with Crippen molar-refractivity contribution in [3.63, 3.8) is 0 Å². The minimum Gasteiger partial charge on any atom is -0.344 e. The standard InChI is InChI=1S/C16H17N3O/c1-11-2-4-12(5-3-11)15(13-6-7-13)19-16(20)14-10-17-8-9-18-14/h2-5,8-10,13,15H,6-7H2,1H3,(H,19,20)/t15-/m1/s1. The summed E-state index contributed by atoms with van der Waals surface area (Å²) < 4.78 is 0. The van der Waals surface area contributed by atoms with Crippen LogP contribution in [-0.4, -0.2) is 15.9 Å². The van der Waals surface area contributed by atoms with Gasteiger partial charge in [0.05, 0.1) is 12.2 Å². The molecule has 0 aliphatic heterocycles. The van der Waals surface area contributed by atoms with Crippen LogP contribution in [0.3, 0.4) is 0 Å². The maximum atomic E-state index is 12.2. The minimum absolute atomic E-state index is 0.0742. The second kappa shape index (κ2) is 5.41. The van der Waals surface area contributed by atoms with Gasteiger partial charge in [0.2, 0.25) is 0 Å². The van der Waals surface area contributed by atoms with Crippen molar-refractivity contribution in [2.24, 2.45) is 5.92 Å². The first-order chi connectivity index (χ1) is 9.74. The van der Waals surface area contributed by atoms with Gasteiger partial charge in [0, 0.05) is 12.4 Å². The number of benzene rings is 1. The molecule has 1 fully saturated rings. The van der Waals surface area contributed by atoms with Gasteiger partial charge in [-0.1, -0.05) is 29.8 Å². The smallest absolute Gasteiger partial charge is 0.271 e. The highest BCUT2D eigenvalue weighted by Crippen LogP contribution is 2.41. The van der Waals surface area contributed by atoms with Gasteiger partial charge in [0.15, 0.2) is 0 Å². The fraction of sp³-hybridized carbons (Fsp3) is 0.312. The molecule has 1 aromatic heterocycles. The molecular weight excluding hydrogens is 250 g/mol. The maximum Gasteiger partial charge on any atom is 0.271 e. The normalized spacial score (nSPS) is 15.7. The molecule has 0 bridgehead atoms. The molecule has 102 valence electrons. The number of hydrogen-bond donors (Lipinski definition) is 1. The summed E-state index contributed by atoms with van der Waals surface area (Å²) >= 11 is 0. The third-order valence-electron chi connectivity index (χ3n) is 3.61. The Hall–Kier alpha value is -2.23. The van der Waals surface area contributed by atoms with Gasteiger partial charge in [-0.05, 0) is 31.2 Å². The number of hydrogen-bond acceptors (Lipinski definition) is 3. The van der Waals surface area contributed by atoms with Gasteiger partial charge in [-0.3, -0.25) is 9.78 Å². The van der Waals surface area contributed by atoms with Crippen LogP contribution in [0.15, 0.2) is 42.9 Å². The highest BCUT2D eigenvalue weighted by molar-refractivity contribution is 5.92. The van der Waals surface area contributed by atoms with Crippen molar-refractivity contribution >= 4 is 5.91 Å². The number of rotatable bonds is 4. The average Bonchev–Trinajstić information content (AvgIpc) is 3.31. The summed E-state index contributed by atoms with van der Waals surface area (Å²) in [6, 6.07) is 8.42. The monoisotopic (exact) mass is 267 g/mol. The Morgan fingerprint density at radius 3 is 2.60 bits per heavy atom. The Morgan fingerprint density at radius 2 is 2.00 bits per heavy atom. The summed E-state index contributed by atoms with van der Waals surface area (Å²) in [6.07, 6.45) is 6.93. The van der Waals surface area contributed by atoms with Crippen LogP contribution in [-0.2, 0) is 0 Å². The molecule has 1 aromatic carbocycles. The summed E-state index contributed by atoms with van der Waals surface area (Å²) in [5.41, 5.74) is 2.75. The fourth-order valence-electron chi connectivity index (χ4n) is 2.31. The molecule has 1 saturated carbocycles. The summed E-state index contributed by atoms with van der Waals surface area (Å²) in [5, 5.41) is 3.09. The van der Waals surface area contributed by atoms with Gasteiger partial charge in [0.25, 0.3) is 5.91 Å². The van der Waals surface area contributed by atoms with Gasteiger partial charge in [-0.2, -0.15) is 0 Å². The number of amides is 1. The molecule has 0 radical (unpaired) electrons. The van der Waals surface area contributed by atoms with E-state index in [9.17, 15) is 4.79 Å². The van der Waals surface area contributed by atoms with E-state index in [-0.39, 0.29) is 11.9 Å². The minimum atomic E-state index is -0.157. The van der Waals surface area contributed by atoms with E-state index < -0.39 is 0 Å². The Balaban J connectivity index is 1.78. The molecule has 4 nitrogen and oxygen atoms in total. The molecule has 4 heteroatoms. The molecule has 1 N–H and O–H groups in total. The molecule has 1 aliphatic carbocycles. The lowest BCUT2D eigenvalue weighted by atomic mass is 10.0. The van der Waals surface area contributed by atoms with E-state index in [2.05, 4.69) is 46.5 Å². The highest BCUT2D eigenvalue weighted by Gasteiger charge is 2.33. The van der Waals surface area contributed by atoms with Crippen molar-refractivity contribution in [1.82, 2.24) is 15.3 Å². The first kappa shape index (κ1) is 12.8. The van der Waals surface area contributed by atoms with Crippen molar-refractivity contribution in [2.45, 2.75) is 25.8 Å². The first-order valence-corrected chi connectivity index (χ1v) is 6.87.